The van der Waals surface area contributed by atoms with Crippen molar-refractivity contribution in [3.8, 4) is 5.75 Å². The number of amides is 3. The van der Waals surface area contributed by atoms with E-state index in [1.807, 2.05) is 19.1 Å². The van der Waals surface area contributed by atoms with Gasteiger partial charge in [0, 0.05) is 22.1 Å². The molecule has 3 amide bonds. The van der Waals surface area contributed by atoms with Crippen LogP contribution >= 0.6 is 15.9 Å². The zero-order valence-electron chi connectivity index (χ0n) is 15.0. The van der Waals surface area contributed by atoms with E-state index in [0.29, 0.717) is 23.4 Å². The summed E-state index contributed by atoms with van der Waals surface area (Å²) < 4.78 is 6.35. The maximum absolute atomic E-state index is 12.0. The Kier molecular flexibility index (Phi) is 7.36. The second-order valence-electron chi connectivity index (χ2n) is 5.68. The van der Waals surface area contributed by atoms with Crippen LogP contribution in [0.15, 0.2) is 46.9 Å². The number of aryl methyl sites for hydroxylation is 1. The number of anilines is 1. The van der Waals surface area contributed by atoms with Crippen molar-refractivity contribution in [1.29, 1.82) is 0 Å². The number of rotatable bonds is 6. The maximum Gasteiger partial charge on any atom is 0.276 e. The average Bonchev–Trinajstić information content (AvgIpc) is 2.65. The predicted molar refractivity (Wildman–Crippen MR) is 105 cm³/mol. The molecule has 0 aliphatic rings. The van der Waals surface area contributed by atoms with Crippen LogP contribution in [0.3, 0.4) is 0 Å². The molecule has 142 valence electrons. The number of hydrogen-bond acceptors (Lipinski definition) is 4. The lowest BCUT2D eigenvalue weighted by Gasteiger charge is -2.11. The number of ether oxygens (including phenoxy) is 1. The van der Waals surface area contributed by atoms with Crippen LogP contribution in [0.25, 0.3) is 0 Å². The summed E-state index contributed by atoms with van der Waals surface area (Å²) >= 11 is 3.36. The second-order valence-corrected chi connectivity index (χ2v) is 6.60. The molecule has 0 bridgehead atoms. The fourth-order valence-electron chi connectivity index (χ4n) is 2.11. The number of nitrogens with one attached hydrogen (secondary N) is 3. The van der Waals surface area contributed by atoms with Crippen molar-refractivity contribution < 1.29 is 19.1 Å². The molecule has 27 heavy (non-hydrogen) atoms. The number of halogens is 1. The van der Waals surface area contributed by atoms with Crippen molar-refractivity contribution >= 4 is 39.3 Å². The van der Waals surface area contributed by atoms with Crippen LogP contribution in [0.2, 0.25) is 0 Å². The number of hydrazine groups is 1. The standard InChI is InChI=1S/C19H20BrN3O4/c1-3-17(24)21-15-7-4-13(5-8-15)19(26)23-22-18(25)11-27-16-9-6-14(20)10-12(16)2/h4-10H,3,11H2,1-2H3,(H,21,24)(H,22,25)(H,23,26). The SMILES string of the molecule is CCC(=O)Nc1ccc(C(=O)NNC(=O)COc2ccc(Br)cc2C)cc1. The Labute approximate surface area is 165 Å². The Bertz CT molecular complexity index is 837. The summed E-state index contributed by atoms with van der Waals surface area (Å²) in [4.78, 5) is 35.2. The van der Waals surface area contributed by atoms with E-state index in [2.05, 4.69) is 32.1 Å². The summed E-state index contributed by atoms with van der Waals surface area (Å²) in [6.45, 7) is 3.39. The second kappa shape index (κ2) is 9.72. The molecule has 0 radical (unpaired) electrons. The van der Waals surface area contributed by atoms with Crippen LogP contribution in [-0.2, 0) is 9.59 Å². The first-order chi connectivity index (χ1) is 12.9. The third kappa shape index (κ3) is 6.41. The number of hydrogen-bond donors (Lipinski definition) is 3. The predicted octanol–water partition coefficient (Wildman–Crippen LogP) is 2.95. The Morgan fingerprint density at radius 2 is 1.70 bits per heavy atom. The van der Waals surface area contributed by atoms with E-state index in [1.165, 1.54) is 0 Å². The van der Waals surface area contributed by atoms with Gasteiger partial charge in [-0.3, -0.25) is 25.2 Å². The van der Waals surface area contributed by atoms with Crippen molar-refractivity contribution in [3.63, 3.8) is 0 Å². The van der Waals surface area contributed by atoms with Gasteiger partial charge in [0.25, 0.3) is 11.8 Å². The van der Waals surface area contributed by atoms with E-state index in [0.717, 1.165) is 10.0 Å². The largest absolute Gasteiger partial charge is 0.483 e. The first-order valence-electron chi connectivity index (χ1n) is 8.27. The van der Waals surface area contributed by atoms with Crippen molar-refractivity contribution in [3.05, 3.63) is 58.1 Å². The molecule has 2 aromatic carbocycles. The van der Waals surface area contributed by atoms with Gasteiger partial charge < -0.3 is 10.1 Å². The Morgan fingerprint density at radius 1 is 1.00 bits per heavy atom. The molecule has 0 aliphatic heterocycles. The topological polar surface area (TPSA) is 96.5 Å². The molecular weight excluding hydrogens is 414 g/mol. The normalized spacial score (nSPS) is 10.0. The fraction of sp³-hybridized carbons (Fsp3) is 0.211. The quantitative estimate of drug-likeness (QED) is 0.610. The van der Waals surface area contributed by atoms with Crippen LogP contribution in [-0.4, -0.2) is 24.3 Å². The highest BCUT2D eigenvalue weighted by atomic mass is 79.9. The van der Waals surface area contributed by atoms with Crippen LogP contribution < -0.4 is 20.9 Å². The van der Waals surface area contributed by atoms with Crippen LogP contribution in [0.1, 0.15) is 29.3 Å². The van der Waals surface area contributed by atoms with Crippen molar-refractivity contribution in [1.82, 2.24) is 10.9 Å². The zero-order valence-corrected chi connectivity index (χ0v) is 16.6. The average molecular weight is 434 g/mol. The molecule has 3 N–H and O–H groups in total. The number of carbonyl (C=O) groups is 3. The smallest absolute Gasteiger partial charge is 0.276 e. The maximum atomic E-state index is 12.0. The molecule has 0 saturated heterocycles. The molecule has 0 aliphatic carbocycles. The molecule has 8 heteroatoms. The Morgan fingerprint density at radius 3 is 2.33 bits per heavy atom. The minimum absolute atomic E-state index is 0.111. The lowest BCUT2D eigenvalue weighted by Crippen LogP contribution is -2.43. The van der Waals surface area contributed by atoms with E-state index in [4.69, 9.17) is 4.74 Å². The minimum Gasteiger partial charge on any atom is -0.483 e. The lowest BCUT2D eigenvalue weighted by atomic mass is 10.2. The summed E-state index contributed by atoms with van der Waals surface area (Å²) in [6.07, 6.45) is 0.371. The van der Waals surface area contributed by atoms with Crippen molar-refractivity contribution in [2.24, 2.45) is 0 Å². The van der Waals surface area contributed by atoms with Gasteiger partial charge in [-0.25, -0.2) is 0 Å². The highest BCUT2D eigenvalue weighted by Gasteiger charge is 2.09. The highest BCUT2D eigenvalue weighted by molar-refractivity contribution is 9.10. The third-order valence-electron chi connectivity index (χ3n) is 3.56. The molecule has 0 atom stereocenters. The lowest BCUT2D eigenvalue weighted by molar-refractivity contribution is -0.123. The summed E-state index contributed by atoms with van der Waals surface area (Å²) in [5, 5.41) is 2.69. The van der Waals surface area contributed by atoms with Gasteiger partial charge in [-0.2, -0.15) is 0 Å². The molecule has 0 aromatic heterocycles. The third-order valence-corrected chi connectivity index (χ3v) is 4.06. The van der Waals surface area contributed by atoms with Crippen LogP contribution in [0, 0.1) is 6.92 Å². The van der Waals surface area contributed by atoms with Crippen molar-refractivity contribution in [2.75, 3.05) is 11.9 Å². The highest BCUT2D eigenvalue weighted by Crippen LogP contribution is 2.21. The molecule has 0 saturated carbocycles. The molecule has 2 rings (SSSR count). The first kappa shape index (κ1) is 20.4. The molecule has 2 aromatic rings. The van der Waals surface area contributed by atoms with Crippen LogP contribution in [0.5, 0.6) is 5.75 Å². The summed E-state index contributed by atoms with van der Waals surface area (Å²) in [5.41, 5.74) is 6.44. The van der Waals surface area contributed by atoms with E-state index >= 15 is 0 Å². The molecule has 0 spiro atoms. The summed E-state index contributed by atoms with van der Waals surface area (Å²) in [7, 11) is 0. The van der Waals surface area contributed by atoms with Gasteiger partial charge in [0.2, 0.25) is 5.91 Å². The fourth-order valence-corrected chi connectivity index (χ4v) is 2.58. The Hall–Kier alpha value is -2.87. The number of benzene rings is 2. The van der Waals surface area contributed by atoms with Gasteiger partial charge in [-0.15, -0.1) is 0 Å². The van der Waals surface area contributed by atoms with E-state index in [1.54, 1.807) is 37.3 Å². The van der Waals surface area contributed by atoms with Gasteiger partial charge in [-0.1, -0.05) is 22.9 Å². The molecule has 0 unspecified atom stereocenters. The number of carbonyl (C=O) groups excluding carboxylic acids is 3. The van der Waals surface area contributed by atoms with E-state index in [-0.39, 0.29) is 12.5 Å². The van der Waals surface area contributed by atoms with Gasteiger partial charge in [0.15, 0.2) is 6.61 Å². The van der Waals surface area contributed by atoms with E-state index < -0.39 is 11.8 Å². The van der Waals surface area contributed by atoms with E-state index in [9.17, 15) is 14.4 Å². The monoisotopic (exact) mass is 433 g/mol. The van der Waals surface area contributed by atoms with Crippen LogP contribution in [0.4, 0.5) is 5.69 Å². The summed E-state index contributed by atoms with van der Waals surface area (Å²) in [6, 6.07) is 11.8. The molecule has 0 heterocycles. The Balaban J connectivity index is 1.80. The van der Waals surface area contributed by atoms with Gasteiger partial charge >= 0.3 is 0 Å². The van der Waals surface area contributed by atoms with Gasteiger partial charge in [0.05, 0.1) is 0 Å². The van der Waals surface area contributed by atoms with Gasteiger partial charge in [-0.05, 0) is 55.0 Å². The molecular formula is C19H20BrN3O4. The minimum atomic E-state index is -0.488. The summed E-state index contributed by atoms with van der Waals surface area (Å²) in [5.74, 6) is -0.487. The molecule has 0 fully saturated rings. The molecule has 7 nitrogen and oxygen atoms in total. The zero-order chi connectivity index (χ0) is 19.8. The van der Waals surface area contributed by atoms with Gasteiger partial charge in [0.1, 0.15) is 5.75 Å². The van der Waals surface area contributed by atoms with Crippen molar-refractivity contribution in [2.45, 2.75) is 20.3 Å². The first-order valence-corrected chi connectivity index (χ1v) is 9.06.